The van der Waals surface area contributed by atoms with Crippen molar-refractivity contribution in [3.8, 4) is 11.5 Å². The minimum absolute atomic E-state index is 0.0581. The predicted octanol–water partition coefficient (Wildman–Crippen LogP) is 2.89. The number of hydrogen-bond acceptors (Lipinski definition) is 5. The lowest BCUT2D eigenvalue weighted by Gasteiger charge is -2.11. The lowest BCUT2D eigenvalue weighted by Crippen LogP contribution is -2.34. The molecule has 26 heavy (non-hydrogen) atoms. The van der Waals surface area contributed by atoms with E-state index in [2.05, 4.69) is 16.0 Å². The van der Waals surface area contributed by atoms with Crippen LogP contribution in [0.4, 0.5) is 11.4 Å². The molecule has 0 spiro atoms. The van der Waals surface area contributed by atoms with Crippen LogP contribution in [-0.4, -0.2) is 23.7 Å². The first kappa shape index (κ1) is 17.7. The standard InChI is InChI=1S/C18H17N3O4S/c1-2-16(22)19-12-4-6-13(7-5-12)20-18(26)21-17(23)11-3-8-14-15(9-11)25-10-24-14/h3-9H,2,10H2,1H3,(H,19,22)(H2,20,21,23,26). The zero-order valence-electron chi connectivity index (χ0n) is 14.0. The summed E-state index contributed by atoms with van der Waals surface area (Å²) in [6.07, 6.45) is 0.413. The number of hydrogen-bond donors (Lipinski definition) is 3. The number of carbonyl (C=O) groups is 2. The molecule has 0 saturated carbocycles. The van der Waals surface area contributed by atoms with Crippen LogP contribution in [-0.2, 0) is 4.79 Å². The van der Waals surface area contributed by atoms with Crippen molar-refractivity contribution in [1.29, 1.82) is 0 Å². The van der Waals surface area contributed by atoms with E-state index in [0.717, 1.165) is 0 Å². The second-order valence-electron chi connectivity index (χ2n) is 5.46. The van der Waals surface area contributed by atoms with Crippen molar-refractivity contribution >= 4 is 40.5 Å². The molecule has 0 atom stereocenters. The summed E-state index contributed by atoms with van der Waals surface area (Å²) >= 11 is 5.16. The van der Waals surface area contributed by atoms with Crippen molar-refractivity contribution in [2.45, 2.75) is 13.3 Å². The second-order valence-corrected chi connectivity index (χ2v) is 5.86. The van der Waals surface area contributed by atoms with Crippen molar-refractivity contribution in [2.75, 3.05) is 17.4 Å². The molecule has 1 aliphatic heterocycles. The van der Waals surface area contributed by atoms with Crippen molar-refractivity contribution in [1.82, 2.24) is 5.32 Å². The van der Waals surface area contributed by atoms with Crippen molar-refractivity contribution in [3.05, 3.63) is 48.0 Å². The minimum Gasteiger partial charge on any atom is -0.454 e. The number of nitrogens with one attached hydrogen (secondary N) is 3. The van der Waals surface area contributed by atoms with E-state index in [0.29, 0.717) is 34.9 Å². The highest BCUT2D eigenvalue weighted by atomic mass is 32.1. The smallest absolute Gasteiger partial charge is 0.257 e. The van der Waals surface area contributed by atoms with Gasteiger partial charge in [-0.3, -0.25) is 14.9 Å². The van der Waals surface area contributed by atoms with Crippen molar-refractivity contribution < 1.29 is 19.1 Å². The van der Waals surface area contributed by atoms with Gasteiger partial charge in [0.05, 0.1) is 0 Å². The molecule has 1 aliphatic rings. The molecular formula is C18H17N3O4S. The van der Waals surface area contributed by atoms with Crippen LogP contribution < -0.4 is 25.4 Å². The predicted molar refractivity (Wildman–Crippen MR) is 102 cm³/mol. The summed E-state index contributed by atoms with van der Waals surface area (Å²) in [4.78, 5) is 23.6. The fraction of sp³-hybridized carbons (Fsp3) is 0.167. The molecule has 0 bridgehead atoms. The van der Waals surface area contributed by atoms with E-state index in [1.807, 2.05) is 0 Å². The molecule has 0 aromatic heterocycles. The summed E-state index contributed by atoms with van der Waals surface area (Å²) in [5.41, 5.74) is 1.80. The van der Waals surface area contributed by atoms with Gasteiger partial charge >= 0.3 is 0 Å². The Kier molecular flexibility index (Phi) is 5.33. The maximum absolute atomic E-state index is 12.3. The first-order valence-electron chi connectivity index (χ1n) is 7.97. The van der Waals surface area contributed by atoms with E-state index >= 15 is 0 Å². The fourth-order valence-corrected chi connectivity index (χ4v) is 2.47. The van der Waals surface area contributed by atoms with Crippen molar-refractivity contribution in [2.24, 2.45) is 0 Å². The zero-order chi connectivity index (χ0) is 18.5. The molecule has 134 valence electrons. The number of ether oxygens (including phenoxy) is 2. The Labute approximate surface area is 155 Å². The molecular weight excluding hydrogens is 354 g/mol. The van der Waals surface area contributed by atoms with Crippen LogP contribution >= 0.6 is 12.2 Å². The third-order valence-corrected chi connectivity index (χ3v) is 3.81. The minimum atomic E-state index is -0.354. The normalized spacial score (nSPS) is 11.6. The van der Waals surface area contributed by atoms with Crippen LogP contribution in [0, 0.1) is 0 Å². The molecule has 7 nitrogen and oxygen atoms in total. The van der Waals surface area contributed by atoms with Crippen LogP contribution in [0.3, 0.4) is 0 Å². The summed E-state index contributed by atoms with van der Waals surface area (Å²) < 4.78 is 10.5. The van der Waals surface area contributed by atoms with E-state index in [1.54, 1.807) is 49.4 Å². The summed E-state index contributed by atoms with van der Waals surface area (Å²) in [6.45, 7) is 1.93. The van der Waals surface area contributed by atoms with Gasteiger partial charge in [-0.15, -0.1) is 0 Å². The SMILES string of the molecule is CCC(=O)Nc1ccc(NC(=S)NC(=O)c2ccc3c(c2)OCO3)cc1. The molecule has 2 aromatic carbocycles. The van der Waals surface area contributed by atoms with Crippen LogP contribution in [0.15, 0.2) is 42.5 Å². The third kappa shape index (κ3) is 4.28. The quantitative estimate of drug-likeness (QED) is 0.716. The first-order valence-corrected chi connectivity index (χ1v) is 8.38. The summed E-state index contributed by atoms with van der Waals surface area (Å²) in [5, 5.41) is 8.45. The molecule has 0 unspecified atom stereocenters. The Bertz CT molecular complexity index is 852. The van der Waals surface area contributed by atoms with Gasteiger partial charge in [-0.25, -0.2) is 0 Å². The van der Waals surface area contributed by atoms with Crippen LogP contribution in [0.5, 0.6) is 11.5 Å². The number of benzene rings is 2. The van der Waals surface area contributed by atoms with Gasteiger partial charge in [0.15, 0.2) is 16.6 Å². The average molecular weight is 371 g/mol. The van der Waals surface area contributed by atoms with Gasteiger partial charge in [0.2, 0.25) is 12.7 Å². The topological polar surface area (TPSA) is 88.7 Å². The van der Waals surface area contributed by atoms with E-state index in [1.165, 1.54) is 0 Å². The molecule has 0 saturated heterocycles. The number of amides is 2. The molecule has 2 aromatic rings. The summed E-state index contributed by atoms with van der Waals surface area (Å²) in [5.74, 6) is 0.726. The Hall–Kier alpha value is -3.13. The van der Waals surface area contributed by atoms with Gasteiger partial charge in [-0.1, -0.05) is 6.92 Å². The molecule has 0 fully saturated rings. The largest absolute Gasteiger partial charge is 0.454 e. The maximum Gasteiger partial charge on any atom is 0.257 e. The monoisotopic (exact) mass is 371 g/mol. The maximum atomic E-state index is 12.3. The second kappa shape index (κ2) is 7.83. The molecule has 1 heterocycles. The fourth-order valence-electron chi connectivity index (χ4n) is 2.26. The van der Waals surface area contributed by atoms with E-state index in [-0.39, 0.29) is 23.7 Å². The summed E-state index contributed by atoms with van der Waals surface area (Å²) in [6, 6.07) is 11.9. The Morgan fingerprint density at radius 2 is 1.65 bits per heavy atom. The molecule has 0 aliphatic carbocycles. The van der Waals surface area contributed by atoms with Gasteiger partial charge < -0.3 is 20.1 Å². The number of carbonyl (C=O) groups excluding carboxylic acids is 2. The molecule has 2 amide bonds. The van der Waals surface area contributed by atoms with Crippen molar-refractivity contribution in [3.63, 3.8) is 0 Å². The van der Waals surface area contributed by atoms with Crippen LogP contribution in [0.2, 0.25) is 0 Å². The third-order valence-electron chi connectivity index (χ3n) is 3.61. The Morgan fingerprint density at radius 1 is 1.00 bits per heavy atom. The van der Waals surface area contributed by atoms with Gasteiger partial charge in [0.25, 0.3) is 5.91 Å². The first-order chi connectivity index (χ1) is 12.5. The average Bonchev–Trinajstić information content (AvgIpc) is 3.10. The Morgan fingerprint density at radius 3 is 2.35 bits per heavy atom. The van der Waals surface area contributed by atoms with Crippen LogP contribution in [0.1, 0.15) is 23.7 Å². The number of fused-ring (bicyclic) bond motifs is 1. The lowest BCUT2D eigenvalue weighted by molar-refractivity contribution is -0.115. The summed E-state index contributed by atoms with van der Waals surface area (Å²) in [7, 11) is 0. The van der Waals surface area contributed by atoms with Gasteiger partial charge in [-0.2, -0.15) is 0 Å². The van der Waals surface area contributed by atoms with Gasteiger partial charge in [-0.05, 0) is 54.7 Å². The molecule has 3 N–H and O–H groups in total. The highest BCUT2D eigenvalue weighted by molar-refractivity contribution is 7.80. The van der Waals surface area contributed by atoms with E-state index < -0.39 is 0 Å². The van der Waals surface area contributed by atoms with Gasteiger partial charge in [0.1, 0.15) is 0 Å². The van der Waals surface area contributed by atoms with Gasteiger partial charge in [0, 0.05) is 23.4 Å². The molecule has 3 rings (SSSR count). The highest BCUT2D eigenvalue weighted by Gasteiger charge is 2.16. The molecule has 0 radical (unpaired) electrons. The highest BCUT2D eigenvalue weighted by Crippen LogP contribution is 2.32. The van der Waals surface area contributed by atoms with E-state index in [4.69, 9.17) is 21.7 Å². The number of anilines is 2. The lowest BCUT2D eigenvalue weighted by atomic mass is 10.2. The van der Waals surface area contributed by atoms with E-state index in [9.17, 15) is 9.59 Å². The number of rotatable bonds is 4. The Balaban J connectivity index is 1.56. The zero-order valence-corrected chi connectivity index (χ0v) is 14.8. The van der Waals surface area contributed by atoms with Crippen LogP contribution in [0.25, 0.3) is 0 Å². The molecule has 8 heteroatoms. The number of thiocarbonyl (C=S) groups is 1.